The average Bonchev–Trinajstić information content (AvgIpc) is 2.56. The first-order chi connectivity index (χ1) is 10.7. The van der Waals surface area contributed by atoms with Crippen molar-refractivity contribution in [3.05, 3.63) is 60.2 Å². The maximum atomic E-state index is 12.1. The molecule has 0 spiro atoms. The molecule has 1 atom stereocenters. The van der Waals surface area contributed by atoms with Crippen LogP contribution in [0.5, 0.6) is 5.75 Å². The summed E-state index contributed by atoms with van der Waals surface area (Å²) in [5, 5.41) is 12.0. The zero-order valence-corrected chi connectivity index (χ0v) is 12.7. The van der Waals surface area contributed by atoms with Crippen molar-refractivity contribution >= 4 is 11.6 Å². The van der Waals surface area contributed by atoms with Gasteiger partial charge in [-0.1, -0.05) is 37.3 Å². The third-order valence-corrected chi connectivity index (χ3v) is 3.39. The number of para-hydroxylation sites is 1. The summed E-state index contributed by atoms with van der Waals surface area (Å²) in [6, 6.07) is 16.8. The van der Waals surface area contributed by atoms with E-state index in [0.717, 1.165) is 11.3 Å². The molecule has 1 amide bonds. The second-order valence-corrected chi connectivity index (χ2v) is 5.20. The number of carbonyl (C=O) groups excluding carboxylic acids is 1. The highest BCUT2D eigenvalue weighted by Gasteiger charge is 2.13. The SMILES string of the molecule is CC(CCOc1ccccc1)C(=O)Nc1cccc(CO)c1. The van der Waals surface area contributed by atoms with Crippen molar-refractivity contribution in [2.75, 3.05) is 11.9 Å². The van der Waals surface area contributed by atoms with Gasteiger partial charge in [0.15, 0.2) is 0 Å². The van der Waals surface area contributed by atoms with Gasteiger partial charge in [0.25, 0.3) is 0 Å². The van der Waals surface area contributed by atoms with E-state index in [1.54, 1.807) is 6.07 Å². The van der Waals surface area contributed by atoms with Crippen molar-refractivity contribution < 1.29 is 14.6 Å². The summed E-state index contributed by atoms with van der Waals surface area (Å²) in [7, 11) is 0. The molecule has 0 aliphatic heterocycles. The van der Waals surface area contributed by atoms with Crippen molar-refractivity contribution in [1.82, 2.24) is 0 Å². The molecule has 0 saturated heterocycles. The molecule has 0 aromatic heterocycles. The van der Waals surface area contributed by atoms with E-state index in [1.165, 1.54) is 0 Å². The number of carbonyl (C=O) groups is 1. The van der Waals surface area contributed by atoms with E-state index >= 15 is 0 Å². The van der Waals surface area contributed by atoms with E-state index < -0.39 is 0 Å². The Labute approximate surface area is 130 Å². The third-order valence-electron chi connectivity index (χ3n) is 3.39. The van der Waals surface area contributed by atoms with E-state index in [-0.39, 0.29) is 18.4 Å². The van der Waals surface area contributed by atoms with Gasteiger partial charge in [0, 0.05) is 11.6 Å². The van der Waals surface area contributed by atoms with Crippen molar-refractivity contribution in [1.29, 1.82) is 0 Å². The summed E-state index contributed by atoms with van der Waals surface area (Å²) >= 11 is 0. The Kier molecular flexibility index (Phi) is 5.98. The molecule has 2 rings (SSSR count). The summed E-state index contributed by atoms with van der Waals surface area (Å²) < 4.78 is 5.60. The second-order valence-electron chi connectivity index (χ2n) is 5.20. The molecule has 2 N–H and O–H groups in total. The quantitative estimate of drug-likeness (QED) is 0.825. The molecule has 22 heavy (non-hydrogen) atoms. The first-order valence-electron chi connectivity index (χ1n) is 7.37. The van der Waals surface area contributed by atoms with Gasteiger partial charge >= 0.3 is 0 Å². The van der Waals surface area contributed by atoms with Crippen molar-refractivity contribution in [2.45, 2.75) is 20.0 Å². The maximum Gasteiger partial charge on any atom is 0.227 e. The minimum Gasteiger partial charge on any atom is -0.494 e. The number of rotatable bonds is 7. The Balaban J connectivity index is 1.79. The van der Waals surface area contributed by atoms with Gasteiger partial charge in [0.1, 0.15) is 5.75 Å². The first-order valence-corrected chi connectivity index (χ1v) is 7.37. The summed E-state index contributed by atoms with van der Waals surface area (Å²) in [4.78, 5) is 12.1. The highest BCUT2D eigenvalue weighted by Crippen LogP contribution is 2.14. The zero-order chi connectivity index (χ0) is 15.8. The number of aliphatic hydroxyl groups excluding tert-OH is 1. The topological polar surface area (TPSA) is 58.6 Å². The molecule has 0 saturated carbocycles. The van der Waals surface area contributed by atoms with Crippen molar-refractivity contribution in [2.24, 2.45) is 5.92 Å². The first kappa shape index (κ1) is 16.0. The zero-order valence-electron chi connectivity index (χ0n) is 12.7. The molecular weight excluding hydrogens is 278 g/mol. The molecule has 4 heteroatoms. The van der Waals surface area contributed by atoms with Crippen LogP contribution in [0.25, 0.3) is 0 Å². The highest BCUT2D eigenvalue weighted by molar-refractivity contribution is 5.92. The van der Waals surface area contributed by atoms with Gasteiger partial charge in [-0.3, -0.25) is 4.79 Å². The molecular formula is C18H21NO3. The van der Waals surface area contributed by atoms with E-state index in [0.29, 0.717) is 18.7 Å². The Morgan fingerprint density at radius 1 is 1.18 bits per heavy atom. The average molecular weight is 299 g/mol. The molecule has 2 aromatic carbocycles. The van der Waals surface area contributed by atoms with E-state index in [4.69, 9.17) is 9.84 Å². The number of hydrogen-bond donors (Lipinski definition) is 2. The number of anilines is 1. The van der Waals surface area contributed by atoms with Crippen LogP contribution >= 0.6 is 0 Å². The predicted molar refractivity (Wildman–Crippen MR) is 86.7 cm³/mol. The maximum absolute atomic E-state index is 12.1. The molecule has 2 aromatic rings. The smallest absolute Gasteiger partial charge is 0.227 e. The Hall–Kier alpha value is -2.33. The predicted octanol–water partition coefficient (Wildman–Crippen LogP) is 3.22. The van der Waals surface area contributed by atoms with Crippen LogP contribution in [0.2, 0.25) is 0 Å². The van der Waals surface area contributed by atoms with Gasteiger partial charge in [-0.15, -0.1) is 0 Å². The van der Waals surface area contributed by atoms with Gasteiger partial charge in [-0.25, -0.2) is 0 Å². The largest absolute Gasteiger partial charge is 0.494 e. The molecule has 0 fully saturated rings. The number of nitrogens with one attached hydrogen (secondary N) is 1. The van der Waals surface area contributed by atoms with Crippen LogP contribution in [0.4, 0.5) is 5.69 Å². The van der Waals surface area contributed by atoms with Gasteiger partial charge in [0.2, 0.25) is 5.91 Å². The number of amides is 1. The minimum atomic E-state index is -0.151. The lowest BCUT2D eigenvalue weighted by Crippen LogP contribution is -2.22. The number of ether oxygens (including phenoxy) is 1. The molecule has 0 radical (unpaired) electrons. The van der Waals surface area contributed by atoms with Crippen molar-refractivity contribution in [3.8, 4) is 5.75 Å². The number of aliphatic hydroxyl groups is 1. The highest BCUT2D eigenvalue weighted by atomic mass is 16.5. The van der Waals surface area contributed by atoms with Gasteiger partial charge in [0.05, 0.1) is 13.2 Å². The standard InChI is InChI=1S/C18H21NO3/c1-14(10-11-22-17-8-3-2-4-9-17)18(21)19-16-7-5-6-15(12-16)13-20/h2-9,12,14,20H,10-11,13H2,1H3,(H,19,21). The lowest BCUT2D eigenvalue weighted by Gasteiger charge is -2.13. The summed E-state index contributed by atoms with van der Waals surface area (Å²) in [5.41, 5.74) is 1.48. The Morgan fingerprint density at radius 2 is 1.95 bits per heavy atom. The Bertz CT molecular complexity index is 598. The van der Waals surface area contributed by atoms with E-state index in [1.807, 2.05) is 55.5 Å². The lowest BCUT2D eigenvalue weighted by molar-refractivity contribution is -0.119. The monoisotopic (exact) mass is 299 g/mol. The summed E-state index contributed by atoms with van der Waals surface area (Å²) in [6.07, 6.45) is 0.639. The molecule has 0 aliphatic rings. The molecule has 4 nitrogen and oxygen atoms in total. The fourth-order valence-electron chi connectivity index (χ4n) is 2.01. The van der Waals surface area contributed by atoms with E-state index in [2.05, 4.69) is 5.32 Å². The fraction of sp³-hybridized carbons (Fsp3) is 0.278. The van der Waals surface area contributed by atoms with Gasteiger partial charge < -0.3 is 15.2 Å². The van der Waals surface area contributed by atoms with Crippen LogP contribution in [-0.4, -0.2) is 17.6 Å². The molecule has 0 heterocycles. The van der Waals surface area contributed by atoms with Crippen molar-refractivity contribution in [3.63, 3.8) is 0 Å². The van der Waals surface area contributed by atoms with Crippen LogP contribution in [0.3, 0.4) is 0 Å². The van der Waals surface area contributed by atoms with Crippen LogP contribution in [-0.2, 0) is 11.4 Å². The molecule has 1 unspecified atom stereocenters. The van der Waals surface area contributed by atoms with Crippen LogP contribution in [0, 0.1) is 5.92 Å². The summed E-state index contributed by atoms with van der Waals surface area (Å²) in [6.45, 7) is 2.33. The molecule has 0 aliphatic carbocycles. The normalized spacial score (nSPS) is 11.7. The van der Waals surface area contributed by atoms with E-state index in [9.17, 15) is 4.79 Å². The lowest BCUT2D eigenvalue weighted by atomic mass is 10.1. The third kappa shape index (κ3) is 4.90. The summed E-state index contributed by atoms with van der Waals surface area (Å²) in [5.74, 6) is 0.610. The van der Waals surface area contributed by atoms with Crippen LogP contribution in [0.1, 0.15) is 18.9 Å². The molecule has 116 valence electrons. The Morgan fingerprint density at radius 3 is 2.68 bits per heavy atom. The van der Waals surface area contributed by atoms with Gasteiger partial charge in [-0.05, 0) is 36.2 Å². The fourth-order valence-corrected chi connectivity index (χ4v) is 2.01. The van der Waals surface area contributed by atoms with Crippen LogP contribution in [0.15, 0.2) is 54.6 Å². The van der Waals surface area contributed by atoms with Gasteiger partial charge in [-0.2, -0.15) is 0 Å². The second kappa shape index (κ2) is 8.20. The number of hydrogen-bond acceptors (Lipinski definition) is 3. The molecule has 0 bridgehead atoms. The minimum absolute atomic E-state index is 0.0375. The number of benzene rings is 2. The van der Waals surface area contributed by atoms with Crippen LogP contribution < -0.4 is 10.1 Å².